The van der Waals surface area contributed by atoms with Crippen LogP contribution >= 0.6 is 19.2 Å². The van der Waals surface area contributed by atoms with Gasteiger partial charge in [-0.25, -0.2) is 13.1 Å². The third-order valence-corrected chi connectivity index (χ3v) is 7.70. The molecule has 3 N–H and O–H groups in total. The van der Waals surface area contributed by atoms with Gasteiger partial charge < -0.3 is 14.4 Å². The molecule has 0 aliphatic heterocycles. The number of unbranched alkanes of at least 4 members (excludes halogenated alkanes) is 1. The lowest BCUT2D eigenvalue weighted by Gasteiger charge is -2.17. The van der Waals surface area contributed by atoms with E-state index in [1.165, 1.54) is 18.2 Å². The highest BCUT2D eigenvalue weighted by molar-refractivity contribution is 7.89. The predicted molar refractivity (Wildman–Crippen MR) is 110 cm³/mol. The molecule has 156 valence electrons. The van der Waals surface area contributed by atoms with Gasteiger partial charge in [0.15, 0.2) is 0 Å². The largest absolute Gasteiger partial charge is 0.364 e. The van der Waals surface area contributed by atoms with Crippen LogP contribution in [0.25, 0.3) is 10.9 Å². The van der Waals surface area contributed by atoms with Crippen LogP contribution in [0.4, 0.5) is 0 Å². The summed E-state index contributed by atoms with van der Waals surface area (Å²) >= 11 is 6.10. The summed E-state index contributed by atoms with van der Waals surface area (Å²) in [6.07, 6.45) is 1.44. The molecule has 2 unspecified atom stereocenters. The van der Waals surface area contributed by atoms with E-state index in [2.05, 4.69) is 9.71 Å². The van der Waals surface area contributed by atoms with Gasteiger partial charge in [-0.2, -0.15) is 0 Å². The minimum atomic E-state index is -4.39. The molecule has 11 heteroatoms. The lowest BCUT2D eigenvalue weighted by atomic mass is 10.2. The van der Waals surface area contributed by atoms with E-state index >= 15 is 0 Å². The average Bonchev–Trinajstić information content (AvgIpc) is 2.60. The number of sulfonamides is 1. The number of pyridine rings is 1. The van der Waals surface area contributed by atoms with Crippen molar-refractivity contribution in [2.24, 2.45) is 0 Å². The van der Waals surface area contributed by atoms with Gasteiger partial charge in [0.2, 0.25) is 10.0 Å². The van der Waals surface area contributed by atoms with Crippen LogP contribution in [0, 0.1) is 0 Å². The summed E-state index contributed by atoms with van der Waals surface area (Å²) in [7, 11) is -8.26. The number of aromatic nitrogens is 1. The standard InChI is InChI=1S/C17H24ClN2O6PS/c1-4-6-7-19-28(24,25)16-9-12-8-15(27(22,23)26-11(3)5-2)17(21)20-14(12)10-13(16)18/h8-11,19H,4-7H2,1-3H3,(H,20,21)(H,22,23). The number of fused-ring (bicyclic) bond motifs is 1. The Labute approximate surface area is 168 Å². The predicted octanol–water partition coefficient (Wildman–Crippen LogP) is 2.89. The van der Waals surface area contributed by atoms with Crippen molar-refractivity contribution in [3.05, 3.63) is 33.6 Å². The molecule has 0 amide bonds. The molecular formula is C17H24ClN2O6PS. The number of halogens is 1. The van der Waals surface area contributed by atoms with Gasteiger partial charge in [-0.1, -0.05) is 31.9 Å². The van der Waals surface area contributed by atoms with Crippen LogP contribution in [-0.4, -0.2) is 30.9 Å². The van der Waals surface area contributed by atoms with Gasteiger partial charge in [-0.15, -0.1) is 0 Å². The van der Waals surface area contributed by atoms with Crippen molar-refractivity contribution >= 4 is 45.4 Å². The van der Waals surface area contributed by atoms with E-state index in [1.54, 1.807) is 13.8 Å². The first-order chi connectivity index (χ1) is 13.0. The molecule has 2 rings (SSSR count). The van der Waals surface area contributed by atoms with E-state index in [0.717, 1.165) is 6.42 Å². The topological polar surface area (TPSA) is 126 Å². The highest BCUT2D eigenvalue weighted by atomic mass is 35.5. The third-order valence-electron chi connectivity index (χ3n) is 4.19. The molecule has 2 aromatic rings. The highest BCUT2D eigenvalue weighted by Crippen LogP contribution is 2.42. The van der Waals surface area contributed by atoms with Crippen molar-refractivity contribution in [2.75, 3.05) is 6.54 Å². The molecular weight excluding hydrogens is 427 g/mol. The maximum atomic E-state index is 12.5. The second-order valence-electron chi connectivity index (χ2n) is 6.45. The van der Waals surface area contributed by atoms with Crippen LogP contribution < -0.4 is 15.6 Å². The average molecular weight is 451 g/mol. The maximum absolute atomic E-state index is 12.5. The maximum Gasteiger partial charge on any atom is 0.364 e. The molecule has 0 aliphatic rings. The first kappa shape index (κ1) is 23.1. The molecule has 28 heavy (non-hydrogen) atoms. The molecule has 2 atom stereocenters. The molecule has 0 saturated heterocycles. The van der Waals surface area contributed by atoms with Gasteiger partial charge >= 0.3 is 7.60 Å². The Morgan fingerprint density at radius 3 is 2.61 bits per heavy atom. The Balaban J connectivity index is 2.56. The van der Waals surface area contributed by atoms with Crippen LogP contribution in [0.15, 0.2) is 27.9 Å². The van der Waals surface area contributed by atoms with E-state index in [-0.39, 0.29) is 27.4 Å². The van der Waals surface area contributed by atoms with Crippen LogP contribution in [-0.2, 0) is 19.1 Å². The fourth-order valence-electron chi connectivity index (χ4n) is 2.45. The molecule has 1 aromatic heterocycles. The zero-order chi connectivity index (χ0) is 21.1. The molecule has 0 spiro atoms. The monoisotopic (exact) mass is 450 g/mol. The summed E-state index contributed by atoms with van der Waals surface area (Å²) in [4.78, 5) is 24.8. The van der Waals surface area contributed by atoms with Crippen molar-refractivity contribution in [3.63, 3.8) is 0 Å². The van der Waals surface area contributed by atoms with Crippen molar-refractivity contribution in [1.82, 2.24) is 9.71 Å². The number of hydrogen-bond donors (Lipinski definition) is 3. The lowest BCUT2D eigenvalue weighted by molar-refractivity contribution is 0.192. The first-order valence-electron chi connectivity index (χ1n) is 8.89. The third kappa shape index (κ3) is 5.23. The summed E-state index contributed by atoms with van der Waals surface area (Å²) in [5, 5.41) is -0.273. The van der Waals surface area contributed by atoms with Crippen LogP contribution in [0.2, 0.25) is 5.02 Å². The van der Waals surface area contributed by atoms with E-state index in [1.807, 2.05) is 6.92 Å². The molecule has 1 heterocycles. The van der Waals surface area contributed by atoms with Gasteiger partial charge in [0.05, 0.1) is 11.1 Å². The lowest BCUT2D eigenvalue weighted by Crippen LogP contribution is -2.29. The minimum absolute atomic E-state index is 0.0667. The molecule has 8 nitrogen and oxygen atoms in total. The number of aromatic amines is 1. The molecule has 0 radical (unpaired) electrons. The Morgan fingerprint density at radius 1 is 1.32 bits per heavy atom. The number of hydrogen-bond acceptors (Lipinski definition) is 5. The highest BCUT2D eigenvalue weighted by Gasteiger charge is 2.29. The van der Waals surface area contributed by atoms with Gasteiger partial charge in [-0.3, -0.25) is 9.36 Å². The number of nitrogens with one attached hydrogen (secondary N) is 2. The Kier molecular flexibility index (Phi) is 7.47. The molecule has 0 bridgehead atoms. The van der Waals surface area contributed by atoms with E-state index in [4.69, 9.17) is 16.1 Å². The van der Waals surface area contributed by atoms with Crippen LogP contribution in [0.5, 0.6) is 0 Å². The summed E-state index contributed by atoms with van der Waals surface area (Å²) < 4.78 is 45.1. The Bertz CT molecular complexity index is 1070. The summed E-state index contributed by atoms with van der Waals surface area (Å²) in [5.74, 6) is 0. The minimum Gasteiger partial charge on any atom is -0.321 e. The van der Waals surface area contributed by atoms with Gasteiger partial charge in [0.25, 0.3) is 5.56 Å². The molecule has 0 aliphatic carbocycles. The zero-order valence-electron chi connectivity index (χ0n) is 15.9. The quantitative estimate of drug-likeness (QED) is 0.398. The summed E-state index contributed by atoms with van der Waals surface area (Å²) in [5.41, 5.74) is -0.552. The fourth-order valence-corrected chi connectivity index (χ4v) is 5.45. The second-order valence-corrected chi connectivity index (χ2v) is 10.3. The van der Waals surface area contributed by atoms with E-state index in [9.17, 15) is 22.7 Å². The summed E-state index contributed by atoms with van der Waals surface area (Å²) in [6.45, 7) is 5.59. The first-order valence-corrected chi connectivity index (χ1v) is 12.3. The van der Waals surface area contributed by atoms with Gasteiger partial charge in [0, 0.05) is 17.4 Å². The second kappa shape index (κ2) is 9.07. The van der Waals surface area contributed by atoms with Crippen molar-refractivity contribution in [2.45, 2.75) is 51.0 Å². The van der Waals surface area contributed by atoms with E-state index < -0.39 is 34.6 Å². The van der Waals surface area contributed by atoms with Crippen LogP contribution in [0.3, 0.4) is 0 Å². The molecule has 1 aromatic carbocycles. The normalized spacial score (nSPS) is 15.5. The van der Waals surface area contributed by atoms with E-state index in [0.29, 0.717) is 12.8 Å². The smallest absolute Gasteiger partial charge is 0.321 e. The van der Waals surface area contributed by atoms with Gasteiger partial charge in [0.1, 0.15) is 10.2 Å². The molecule has 0 fully saturated rings. The Morgan fingerprint density at radius 2 is 2.00 bits per heavy atom. The molecule has 0 saturated carbocycles. The zero-order valence-corrected chi connectivity index (χ0v) is 18.3. The van der Waals surface area contributed by atoms with Gasteiger partial charge in [-0.05, 0) is 38.0 Å². The SMILES string of the molecule is CCCCNS(=O)(=O)c1cc2cc(P(=O)(O)OC(C)CC)c(=O)[nH]c2cc1Cl. The fraction of sp³-hybridized carbons (Fsp3) is 0.471. The van der Waals surface area contributed by atoms with Crippen molar-refractivity contribution < 1.29 is 22.4 Å². The number of H-pyrrole nitrogens is 1. The summed E-state index contributed by atoms with van der Waals surface area (Å²) in [6, 6.07) is 3.72. The Hall–Kier alpha value is -1.22. The number of rotatable bonds is 9. The van der Waals surface area contributed by atoms with Crippen molar-refractivity contribution in [1.29, 1.82) is 0 Å². The van der Waals surface area contributed by atoms with Crippen molar-refractivity contribution in [3.8, 4) is 0 Å². The number of benzene rings is 1. The van der Waals surface area contributed by atoms with Crippen LogP contribution in [0.1, 0.15) is 40.0 Å².